The second-order valence-corrected chi connectivity index (χ2v) is 9.58. The Bertz CT molecular complexity index is 1410. The Kier molecular flexibility index (Phi) is 4.99. The molecule has 2 aliphatic rings. The van der Waals surface area contributed by atoms with Crippen LogP contribution in [0.2, 0.25) is 0 Å². The zero-order valence-corrected chi connectivity index (χ0v) is 19.6. The molecular formula is C26H29N7O. The van der Waals surface area contributed by atoms with E-state index in [2.05, 4.69) is 9.88 Å². The molecule has 0 saturated carbocycles. The molecule has 2 bridgehead atoms. The van der Waals surface area contributed by atoms with Gasteiger partial charge in [-0.15, -0.1) is 5.10 Å². The zero-order chi connectivity index (χ0) is 23.4. The van der Waals surface area contributed by atoms with Crippen molar-refractivity contribution in [2.45, 2.75) is 58.2 Å². The van der Waals surface area contributed by atoms with Crippen molar-refractivity contribution in [2.24, 2.45) is 0 Å². The second-order valence-electron chi connectivity index (χ2n) is 9.58. The molecular weight excluding hydrogens is 426 g/mol. The lowest BCUT2D eigenvalue weighted by atomic mass is 9.80. The van der Waals surface area contributed by atoms with E-state index in [4.69, 9.17) is 15.8 Å². The summed E-state index contributed by atoms with van der Waals surface area (Å²) >= 11 is 0. The molecule has 5 heterocycles. The van der Waals surface area contributed by atoms with Gasteiger partial charge in [-0.05, 0) is 50.8 Å². The highest BCUT2D eigenvalue weighted by Gasteiger charge is 2.40. The topological polar surface area (TPSA) is 94.3 Å². The molecule has 4 aromatic rings. The monoisotopic (exact) mass is 455 g/mol. The molecule has 0 spiro atoms. The molecule has 174 valence electrons. The van der Waals surface area contributed by atoms with Crippen LogP contribution in [0.15, 0.2) is 47.3 Å². The summed E-state index contributed by atoms with van der Waals surface area (Å²) in [6, 6.07) is 15.3. The quantitative estimate of drug-likeness (QED) is 0.495. The van der Waals surface area contributed by atoms with Gasteiger partial charge in [-0.25, -0.2) is 18.9 Å². The van der Waals surface area contributed by atoms with Crippen LogP contribution in [0.4, 0.5) is 5.95 Å². The molecule has 2 aliphatic heterocycles. The number of benzene rings is 1. The molecule has 2 unspecified atom stereocenters. The third kappa shape index (κ3) is 3.40. The number of hydrogen-bond donors (Lipinski definition) is 1. The number of hydrogen-bond acceptors (Lipinski definition) is 6. The van der Waals surface area contributed by atoms with Crippen LogP contribution in [-0.2, 0) is 6.54 Å². The Morgan fingerprint density at radius 1 is 0.971 bits per heavy atom. The van der Waals surface area contributed by atoms with Gasteiger partial charge in [0.05, 0.1) is 17.8 Å². The highest BCUT2D eigenvalue weighted by atomic mass is 16.2. The summed E-state index contributed by atoms with van der Waals surface area (Å²) in [7, 11) is 0. The molecule has 8 nitrogen and oxygen atoms in total. The fraction of sp³-hybridized carbons (Fsp3) is 0.385. The number of nitrogens with two attached hydrogens (primary N) is 1. The van der Waals surface area contributed by atoms with Crippen molar-refractivity contribution in [3.8, 4) is 22.4 Å². The SMILES string of the molecule is Cc1cc(-c2c(-c3ccccc3)nc(N)n3c(=O)n(CCN4C5CCCC4C5)nc23)cc(C)n1. The van der Waals surface area contributed by atoms with E-state index in [0.29, 0.717) is 30.0 Å². The highest BCUT2D eigenvalue weighted by Crippen LogP contribution is 2.38. The van der Waals surface area contributed by atoms with Crippen LogP contribution in [-0.4, -0.2) is 47.7 Å². The van der Waals surface area contributed by atoms with Crippen LogP contribution in [0.3, 0.4) is 0 Å². The summed E-state index contributed by atoms with van der Waals surface area (Å²) in [6.07, 6.45) is 5.14. The maximum atomic E-state index is 13.4. The summed E-state index contributed by atoms with van der Waals surface area (Å²) in [5.41, 5.74) is 11.8. The lowest BCUT2D eigenvalue weighted by Crippen LogP contribution is -2.59. The molecule has 0 radical (unpaired) electrons. The molecule has 34 heavy (non-hydrogen) atoms. The zero-order valence-electron chi connectivity index (χ0n) is 19.6. The first-order valence-electron chi connectivity index (χ1n) is 12.1. The Labute approximate surface area is 198 Å². The van der Waals surface area contributed by atoms with Gasteiger partial charge >= 0.3 is 5.69 Å². The van der Waals surface area contributed by atoms with Crippen LogP contribution >= 0.6 is 0 Å². The summed E-state index contributed by atoms with van der Waals surface area (Å²) in [5.74, 6) is 0.150. The number of aromatic nitrogens is 5. The number of nitrogens with zero attached hydrogens (tertiary/aromatic N) is 6. The normalized spacial score (nSPS) is 19.9. The average molecular weight is 456 g/mol. The lowest BCUT2D eigenvalue weighted by Gasteiger charge is -2.53. The van der Waals surface area contributed by atoms with Gasteiger partial charge in [-0.3, -0.25) is 9.88 Å². The van der Waals surface area contributed by atoms with Crippen LogP contribution < -0.4 is 11.4 Å². The number of nitrogen functional groups attached to an aromatic ring is 1. The van der Waals surface area contributed by atoms with Crippen LogP contribution in [0.1, 0.15) is 37.1 Å². The molecule has 8 heteroatoms. The van der Waals surface area contributed by atoms with Gasteiger partial charge in [-0.2, -0.15) is 0 Å². The van der Waals surface area contributed by atoms with Crippen molar-refractivity contribution >= 4 is 11.6 Å². The van der Waals surface area contributed by atoms with Gasteiger partial charge in [0.1, 0.15) is 0 Å². The van der Waals surface area contributed by atoms with Crippen molar-refractivity contribution in [1.82, 2.24) is 29.0 Å². The minimum absolute atomic E-state index is 0.150. The predicted molar refractivity (Wildman–Crippen MR) is 133 cm³/mol. The molecule has 2 atom stereocenters. The maximum Gasteiger partial charge on any atom is 0.353 e. The van der Waals surface area contributed by atoms with Crippen molar-refractivity contribution < 1.29 is 0 Å². The Balaban J connectivity index is 1.51. The van der Waals surface area contributed by atoms with Gasteiger partial charge in [0, 0.05) is 35.6 Å². The van der Waals surface area contributed by atoms with E-state index in [1.807, 2.05) is 56.3 Å². The van der Waals surface area contributed by atoms with E-state index in [1.165, 1.54) is 30.1 Å². The molecule has 2 saturated heterocycles. The van der Waals surface area contributed by atoms with Crippen molar-refractivity contribution in [1.29, 1.82) is 0 Å². The molecule has 0 aliphatic carbocycles. The van der Waals surface area contributed by atoms with Gasteiger partial charge in [0.15, 0.2) is 5.65 Å². The first kappa shape index (κ1) is 21.0. The van der Waals surface area contributed by atoms with E-state index < -0.39 is 0 Å². The summed E-state index contributed by atoms with van der Waals surface area (Å²) in [5, 5.41) is 4.82. The van der Waals surface area contributed by atoms with Crippen molar-refractivity contribution in [3.05, 3.63) is 64.3 Å². The first-order chi connectivity index (χ1) is 16.5. The van der Waals surface area contributed by atoms with E-state index in [-0.39, 0.29) is 11.6 Å². The van der Waals surface area contributed by atoms with E-state index in [1.54, 1.807) is 4.68 Å². The Morgan fingerprint density at radius 2 is 1.68 bits per heavy atom. The smallest absolute Gasteiger partial charge is 0.353 e. The fourth-order valence-corrected chi connectivity index (χ4v) is 5.77. The maximum absolute atomic E-state index is 13.4. The van der Waals surface area contributed by atoms with Gasteiger partial charge < -0.3 is 5.73 Å². The minimum Gasteiger partial charge on any atom is -0.369 e. The van der Waals surface area contributed by atoms with Crippen LogP contribution in [0.25, 0.3) is 28.0 Å². The number of fused-ring (bicyclic) bond motifs is 3. The van der Waals surface area contributed by atoms with E-state index in [9.17, 15) is 4.79 Å². The van der Waals surface area contributed by atoms with Crippen LogP contribution in [0.5, 0.6) is 0 Å². The predicted octanol–water partition coefficient (Wildman–Crippen LogP) is 3.45. The molecule has 2 fully saturated rings. The summed E-state index contributed by atoms with van der Waals surface area (Å²) in [4.78, 5) is 25.2. The average Bonchev–Trinajstić information content (AvgIpc) is 3.16. The summed E-state index contributed by atoms with van der Waals surface area (Å²) < 4.78 is 3.00. The Hall–Kier alpha value is -3.52. The molecule has 6 rings (SSSR count). The van der Waals surface area contributed by atoms with Gasteiger partial charge in [0.2, 0.25) is 5.95 Å². The van der Waals surface area contributed by atoms with Crippen molar-refractivity contribution in [3.63, 3.8) is 0 Å². The Morgan fingerprint density at radius 3 is 2.35 bits per heavy atom. The number of aryl methyl sites for hydroxylation is 2. The minimum atomic E-state index is -0.242. The largest absolute Gasteiger partial charge is 0.369 e. The summed E-state index contributed by atoms with van der Waals surface area (Å²) in [6.45, 7) is 5.31. The van der Waals surface area contributed by atoms with Crippen LogP contribution in [0, 0.1) is 13.8 Å². The second kappa shape index (κ2) is 8.06. The van der Waals surface area contributed by atoms with E-state index in [0.717, 1.165) is 34.6 Å². The molecule has 2 N–H and O–H groups in total. The number of pyridine rings is 1. The molecule has 0 amide bonds. The lowest BCUT2D eigenvalue weighted by molar-refractivity contribution is -0.0298. The molecule has 1 aromatic carbocycles. The first-order valence-corrected chi connectivity index (χ1v) is 12.1. The van der Waals surface area contributed by atoms with E-state index >= 15 is 0 Å². The number of anilines is 1. The standard InChI is InChI=1S/C26H29N7O/c1-16-13-19(14-17(2)28-16)22-23(18-7-4-3-5-8-18)29-25(27)33-24(22)30-32(26(33)34)12-11-31-20-9-6-10-21(31)15-20/h3-5,7-8,13-14,20-21H,6,9-12,15H2,1-2H3,(H2,27,29). The highest BCUT2D eigenvalue weighted by molar-refractivity contribution is 5.90. The third-order valence-electron chi connectivity index (χ3n) is 7.30. The molecule has 3 aromatic heterocycles. The van der Waals surface area contributed by atoms with Gasteiger partial charge in [-0.1, -0.05) is 36.8 Å². The van der Waals surface area contributed by atoms with Gasteiger partial charge in [0.25, 0.3) is 0 Å². The number of rotatable bonds is 5. The number of piperidine rings is 1. The third-order valence-corrected chi connectivity index (χ3v) is 7.30. The fourth-order valence-electron chi connectivity index (χ4n) is 5.77. The van der Waals surface area contributed by atoms with Crippen molar-refractivity contribution in [2.75, 3.05) is 12.3 Å².